The molecular weight excluding hydrogens is 183 g/mol. The molecule has 0 saturated carbocycles. The van der Waals surface area contributed by atoms with Crippen LogP contribution in [0.5, 0.6) is 0 Å². The van der Waals surface area contributed by atoms with Gasteiger partial charge in [-0.15, -0.1) is 0 Å². The van der Waals surface area contributed by atoms with Gasteiger partial charge < -0.3 is 14.4 Å². The molecule has 0 amide bonds. The minimum Gasteiger partial charge on any atom is -0.478 e. The van der Waals surface area contributed by atoms with Crippen molar-refractivity contribution in [3.8, 4) is 0 Å². The maximum atomic E-state index is 10.3. The van der Waals surface area contributed by atoms with Gasteiger partial charge in [-0.3, -0.25) is 0 Å². The zero-order chi connectivity index (χ0) is 11.0. The van der Waals surface area contributed by atoms with Crippen molar-refractivity contribution in [2.24, 2.45) is 0 Å². The highest BCUT2D eigenvalue weighted by Crippen LogP contribution is 2.36. The first-order valence-corrected chi connectivity index (χ1v) is 4.51. The summed E-state index contributed by atoms with van der Waals surface area (Å²) in [5.41, 5.74) is -0.832. The maximum absolute atomic E-state index is 10.3. The molecule has 5 heteroatoms. The van der Waals surface area contributed by atoms with E-state index in [1.165, 1.54) is 5.98 Å². The molecule has 1 fully saturated rings. The summed E-state index contributed by atoms with van der Waals surface area (Å²) in [6, 6.07) is 0. The first kappa shape index (κ1) is 11.3. The highest BCUT2D eigenvalue weighted by Gasteiger charge is 2.50. The van der Waals surface area contributed by atoms with Crippen LogP contribution >= 0.6 is 0 Å². The van der Waals surface area contributed by atoms with Crippen LogP contribution in [-0.4, -0.2) is 29.4 Å². The zero-order valence-corrected chi connectivity index (χ0v) is 8.90. The lowest BCUT2D eigenvalue weighted by Crippen LogP contribution is -2.41. The number of aliphatic carboxylic acids is 1. The number of hydrogen-bond acceptors (Lipinski definition) is 3. The third-order valence-corrected chi connectivity index (χ3v) is 2.67. The minimum atomic E-state index is -1.00. The van der Waals surface area contributed by atoms with Crippen molar-refractivity contribution >= 4 is 13.1 Å². The maximum Gasteiger partial charge on any atom is 0.487 e. The van der Waals surface area contributed by atoms with Crippen LogP contribution < -0.4 is 0 Å². The quantitative estimate of drug-likeness (QED) is 0.536. The van der Waals surface area contributed by atoms with E-state index in [0.29, 0.717) is 0 Å². The fourth-order valence-electron chi connectivity index (χ4n) is 1.13. The molecule has 0 spiro atoms. The molecule has 1 heterocycles. The van der Waals surface area contributed by atoms with Crippen molar-refractivity contribution in [1.29, 1.82) is 0 Å². The Morgan fingerprint density at radius 1 is 1.21 bits per heavy atom. The largest absolute Gasteiger partial charge is 0.487 e. The monoisotopic (exact) mass is 198 g/mol. The highest BCUT2D eigenvalue weighted by atomic mass is 16.7. The van der Waals surface area contributed by atoms with E-state index >= 15 is 0 Å². The lowest BCUT2D eigenvalue weighted by atomic mass is 9.90. The van der Waals surface area contributed by atoms with Crippen LogP contribution in [0.1, 0.15) is 27.7 Å². The second kappa shape index (κ2) is 3.40. The number of carbonyl (C=O) groups is 1. The summed E-state index contributed by atoms with van der Waals surface area (Å²) < 4.78 is 11.1. The molecule has 0 aromatic carbocycles. The van der Waals surface area contributed by atoms with E-state index < -0.39 is 24.3 Å². The Balaban J connectivity index is 2.69. The molecule has 4 nitrogen and oxygen atoms in total. The Bertz CT molecular complexity index is 254. The molecular formula is C9H15BO4. The first-order valence-electron chi connectivity index (χ1n) is 4.51. The van der Waals surface area contributed by atoms with Gasteiger partial charge in [-0.1, -0.05) is 0 Å². The Morgan fingerprint density at radius 2 is 1.64 bits per heavy atom. The molecule has 0 bridgehead atoms. The van der Waals surface area contributed by atoms with Crippen molar-refractivity contribution in [3.05, 3.63) is 12.1 Å². The van der Waals surface area contributed by atoms with Crippen LogP contribution in [0.4, 0.5) is 0 Å². The normalized spacial score (nSPS) is 24.4. The van der Waals surface area contributed by atoms with E-state index in [0.717, 1.165) is 6.08 Å². The van der Waals surface area contributed by atoms with Crippen molar-refractivity contribution in [1.82, 2.24) is 0 Å². The summed E-state index contributed by atoms with van der Waals surface area (Å²) in [5.74, 6) is 0.401. The van der Waals surface area contributed by atoms with Crippen molar-refractivity contribution in [3.63, 3.8) is 0 Å². The Kier molecular flexibility index (Phi) is 2.74. The average Bonchev–Trinajstić information content (AvgIpc) is 2.17. The molecule has 1 aliphatic heterocycles. The summed E-state index contributed by atoms with van der Waals surface area (Å²) >= 11 is 0. The van der Waals surface area contributed by atoms with Gasteiger partial charge in [-0.25, -0.2) is 4.79 Å². The molecule has 1 saturated heterocycles. The van der Waals surface area contributed by atoms with E-state index in [1.807, 2.05) is 27.7 Å². The minimum absolute atomic E-state index is 0.416. The first-order chi connectivity index (χ1) is 6.24. The molecule has 1 aliphatic rings. The van der Waals surface area contributed by atoms with E-state index in [9.17, 15) is 4.79 Å². The lowest BCUT2D eigenvalue weighted by Gasteiger charge is -2.32. The number of hydrogen-bond donors (Lipinski definition) is 1. The van der Waals surface area contributed by atoms with Crippen LogP contribution in [0.3, 0.4) is 0 Å². The van der Waals surface area contributed by atoms with Gasteiger partial charge >= 0.3 is 13.1 Å². The van der Waals surface area contributed by atoms with E-state index in [2.05, 4.69) is 0 Å². The summed E-state index contributed by atoms with van der Waals surface area (Å²) in [5, 5.41) is 8.44. The van der Waals surface area contributed by atoms with Crippen molar-refractivity contribution in [2.45, 2.75) is 38.9 Å². The van der Waals surface area contributed by atoms with Crippen molar-refractivity contribution < 1.29 is 19.2 Å². The molecule has 1 N–H and O–H groups in total. The predicted molar refractivity (Wildman–Crippen MR) is 52.9 cm³/mol. The summed E-state index contributed by atoms with van der Waals surface area (Å²) in [7, 11) is -0.573. The lowest BCUT2D eigenvalue weighted by molar-refractivity contribution is -0.131. The van der Waals surface area contributed by atoms with E-state index in [1.54, 1.807) is 0 Å². The van der Waals surface area contributed by atoms with Gasteiger partial charge in [0, 0.05) is 6.08 Å². The predicted octanol–water partition coefficient (Wildman–Crippen LogP) is 1.26. The van der Waals surface area contributed by atoms with Gasteiger partial charge in [-0.2, -0.15) is 0 Å². The van der Waals surface area contributed by atoms with Crippen LogP contribution in [0.15, 0.2) is 12.1 Å². The molecule has 0 aliphatic carbocycles. The van der Waals surface area contributed by atoms with Gasteiger partial charge in [0.2, 0.25) is 0 Å². The third-order valence-electron chi connectivity index (χ3n) is 2.67. The average molecular weight is 198 g/mol. The summed E-state index contributed by atoms with van der Waals surface area (Å²) in [6.07, 6.45) is 1.03. The fraction of sp³-hybridized carbons (Fsp3) is 0.667. The smallest absolute Gasteiger partial charge is 0.478 e. The van der Waals surface area contributed by atoms with Crippen LogP contribution in [-0.2, 0) is 14.1 Å². The van der Waals surface area contributed by atoms with Gasteiger partial charge in [0.25, 0.3) is 0 Å². The van der Waals surface area contributed by atoms with E-state index in [-0.39, 0.29) is 0 Å². The molecule has 14 heavy (non-hydrogen) atoms. The van der Waals surface area contributed by atoms with Crippen LogP contribution in [0, 0.1) is 0 Å². The summed E-state index contributed by atoms with van der Waals surface area (Å²) in [6.45, 7) is 7.67. The highest BCUT2D eigenvalue weighted by molar-refractivity contribution is 6.52. The molecule has 0 radical (unpaired) electrons. The van der Waals surface area contributed by atoms with Crippen LogP contribution in [0.25, 0.3) is 0 Å². The topological polar surface area (TPSA) is 55.8 Å². The van der Waals surface area contributed by atoms with Gasteiger partial charge in [0.1, 0.15) is 0 Å². The molecule has 1 rings (SSSR count). The molecule has 0 unspecified atom stereocenters. The second-order valence-electron chi connectivity index (χ2n) is 4.32. The number of carboxylic acid groups (broad SMARTS) is 1. The molecule has 0 aromatic heterocycles. The third kappa shape index (κ3) is 2.16. The molecule has 0 atom stereocenters. The van der Waals surface area contributed by atoms with Gasteiger partial charge in [0.15, 0.2) is 0 Å². The zero-order valence-electron chi connectivity index (χ0n) is 8.90. The van der Waals surface area contributed by atoms with Gasteiger partial charge in [-0.05, 0) is 33.7 Å². The second-order valence-corrected chi connectivity index (χ2v) is 4.32. The standard InChI is InChI=1S/C9H15BO4/c1-8(2)9(3,4)14-10(13-8)6-5-7(11)12/h5-6H,1-4H3,(H,11,12). The van der Waals surface area contributed by atoms with Gasteiger partial charge in [0.05, 0.1) is 11.2 Å². The number of carboxylic acids is 1. The number of rotatable bonds is 2. The fourth-order valence-corrected chi connectivity index (χ4v) is 1.13. The molecule has 78 valence electrons. The van der Waals surface area contributed by atoms with Crippen LogP contribution in [0.2, 0.25) is 0 Å². The van der Waals surface area contributed by atoms with Crippen molar-refractivity contribution in [2.75, 3.05) is 0 Å². The molecule has 0 aromatic rings. The van der Waals surface area contributed by atoms with E-state index in [4.69, 9.17) is 14.4 Å². The Labute approximate surface area is 84.0 Å². The Morgan fingerprint density at radius 3 is 2.00 bits per heavy atom. The Hall–Kier alpha value is -0.805. The SMILES string of the molecule is CC1(C)OB(C=CC(=O)O)OC1(C)C. The summed E-state index contributed by atoms with van der Waals surface area (Å²) in [4.78, 5) is 10.3.